The molecule has 0 saturated heterocycles. The number of aromatic nitrogens is 1. The van der Waals surface area contributed by atoms with Gasteiger partial charge in [0.15, 0.2) is 23.3 Å². The van der Waals surface area contributed by atoms with Crippen molar-refractivity contribution in [3.63, 3.8) is 0 Å². The maximum Gasteiger partial charge on any atom is 0.343 e. The van der Waals surface area contributed by atoms with Gasteiger partial charge in [0.05, 0.1) is 11.1 Å². The number of carbonyl (C=O) groups is 2. The van der Waals surface area contributed by atoms with E-state index in [0.29, 0.717) is 24.7 Å². The lowest BCUT2D eigenvalue weighted by atomic mass is 10.1. The van der Waals surface area contributed by atoms with Gasteiger partial charge >= 0.3 is 11.9 Å². The fourth-order valence-corrected chi connectivity index (χ4v) is 4.00. The van der Waals surface area contributed by atoms with Crippen molar-refractivity contribution < 1.29 is 36.6 Å². The lowest BCUT2D eigenvalue weighted by Crippen LogP contribution is -2.11. The number of halogens is 4. The molecular formula is C33H23F4N3O4. The van der Waals surface area contributed by atoms with E-state index in [2.05, 4.69) is 15.6 Å². The molecule has 0 aliphatic rings. The van der Waals surface area contributed by atoms with Crippen LogP contribution in [0.2, 0.25) is 0 Å². The van der Waals surface area contributed by atoms with Gasteiger partial charge in [-0.1, -0.05) is 42.5 Å². The molecule has 11 heteroatoms. The van der Waals surface area contributed by atoms with Gasteiger partial charge in [-0.25, -0.2) is 32.1 Å². The van der Waals surface area contributed by atoms with E-state index in [9.17, 15) is 27.2 Å². The highest BCUT2D eigenvalue weighted by molar-refractivity contribution is 5.91. The first kappa shape index (κ1) is 29.8. The minimum absolute atomic E-state index is 0.129. The number of nitrogens with one attached hydrogen (secondary N) is 2. The van der Waals surface area contributed by atoms with E-state index in [-0.39, 0.29) is 11.1 Å². The minimum atomic E-state index is -0.972. The number of benzene rings is 4. The Kier molecular flexibility index (Phi) is 9.14. The molecule has 0 bridgehead atoms. The number of hydrogen-bond donors (Lipinski definition) is 2. The summed E-state index contributed by atoms with van der Waals surface area (Å²) in [4.78, 5) is 29.1. The van der Waals surface area contributed by atoms with Gasteiger partial charge in [-0.3, -0.25) is 0 Å². The zero-order valence-corrected chi connectivity index (χ0v) is 22.8. The molecule has 0 spiro atoms. The van der Waals surface area contributed by atoms with Crippen molar-refractivity contribution in [1.82, 2.24) is 4.98 Å². The standard InChI is InChI=1S/C33H23F4N3O4/c34-24-4-1-5-25(35)30(24)43-32(41)22-14-10-20(11-15-22)18-38-28-8-3-9-29(40-28)39-19-21-12-16-23(17-13-21)33(42)44-31-26(36)6-2-7-27(31)37/h1-17H,18-19H2,(H2,38,39,40). The highest BCUT2D eigenvalue weighted by Crippen LogP contribution is 2.23. The second-order valence-electron chi connectivity index (χ2n) is 9.39. The largest absolute Gasteiger partial charge is 0.417 e. The van der Waals surface area contributed by atoms with Gasteiger partial charge in [0, 0.05) is 13.1 Å². The second-order valence-corrected chi connectivity index (χ2v) is 9.39. The molecule has 0 unspecified atom stereocenters. The van der Waals surface area contributed by atoms with Gasteiger partial charge in [0.2, 0.25) is 11.5 Å². The Labute approximate surface area is 249 Å². The fraction of sp³-hybridized carbons (Fsp3) is 0.0606. The molecule has 0 saturated carbocycles. The molecule has 0 aliphatic heterocycles. The van der Waals surface area contributed by atoms with E-state index < -0.39 is 46.7 Å². The summed E-state index contributed by atoms with van der Waals surface area (Å²) in [5.41, 5.74) is 1.89. The van der Waals surface area contributed by atoms with Gasteiger partial charge in [-0.15, -0.1) is 0 Å². The van der Waals surface area contributed by atoms with Crippen molar-refractivity contribution in [2.24, 2.45) is 0 Å². The number of nitrogens with zero attached hydrogens (tertiary/aromatic N) is 1. The summed E-state index contributed by atoms with van der Waals surface area (Å²) >= 11 is 0. The summed E-state index contributed by atoms with van der Waals surface area (Å²) in [6.45, 7) is 0.754. The molecule has 1 heterocycles. The van der Waals surface area contributed by atoms with Crippen LogP contribution in [0.1, 0.15) is 31.8 Å². The van der Waals surface area contributed by atoms with Crippen LogP contribution in [0.3, 0.4) is 0 Å². The van der Waals surface area contributed by atoms with Crippen LogP contribution in [0.4, 0.5) is 29.2 Å². The van der Waals surface area contributed by atoms with Gasteiger partial charge in [-0.05, 0) is 71.8 Å². The van der Waals surface area contributed by atoms with Crippen LogP contribution in [-0.2, 0) is 13.1 Å². The molecule has 5 aromatic rings. The van der Waals surface area contributed by atoms with Gasteiger partial charge < -0.3 is 20.1 Å². The number of hydrogen-bond acceptors (Lipinski definition) is 7. The zero-order valence-electron chi connectivity index (χ0n) is 22.8. The van der Waals surface area contributed by atoms with Crippen LogP contribution < -0.4 is 20.1 Å². The van der Waals surface area contributed by atoms with Gasteiger partial charge in [-0.2, -0.15) is 0 Å². The van der Waals surface area contributed by atoms with Crippen LogP contribution in [0, 0.1) is 23.3 Å². The Hall–Kier alpha value is -5.71. The zero-order chi connectivity index (χ0) is 31.1. The lowest BCUT2D eigenvalue weighted by molar-refractivity contribution is 0.0711. The monoisotopic (exact) mass is 601 g/mol. The molecule has 2 N–H and O–H groups in total. The van der Waals surface area contributed by atoms with Crippen LogP contribution in [-0.4, -0.2) is 16.9 Å². The highest BCUT2D eigenvalue weighted by atomic mass is 19.1. The van der Waals surface area contributed by atoms with Crippen LogP contribution >= 0.6 is 0 Å². The van der Waals surface area contributed by atoms with Crippen LogP contribution in [0.15, 0.2) is 103 Å². The van der Waals surface area contributed by atoms with E-state index in [1.807, 2.05) is 0 Å². The lowest BCUT2D eigenvalue weighted by Gasteiger charge is -2.11. The molecule has 5 rings (SSSR count). The number of rotatable bonds is 10. The average molecular weight is 602 g/mol. The topological polar surface area (TPSA) is 89.6 Å². The number of ether oxygens (including phenoxy) is 2. The Bertz CT molecular complexity index is 1630. The third kappa shape index (κ3) is 7.37. The van der Waals surface area contributed by atoms with Gasteiger partial charge in [0.25, 0.3) is 0 Å². The Morgan fingerprint density at radius 2 is 0.864 bits per heavy atom. The van der Waals surface area contributed by atoms with Crippen molar-refractivity contribution in [2.45, 2.75) is 13.1 Å². The summed E-state index contributed by atoms with van der Waals surface area (Å²) in [7, 11) is 0. The van der Waals surface area contributed by atoms with Crippen LogP contribution in [0.5, 0.6) is 11.5 Å². The van der Waals surface area contributed by atoms with Crippen molar-refractivity contribution in [1.29, 1.82) is 0 Å². The van der Waals surface area contributed by atoms with Gasteiger partial charge in [0.1, 0.15) is 11.6 Å². The first-order valence-electron chi connectivity index (χ1n) is 13.2. The first-order chi connectivity index (χ1) is 21.3. The average Bonchev–Trinajstić information content (AvgIpc) is 3.03. The molecule has 0 atom stereocenters. The molecule has 44 heavy (non-hydrogen) atoms. The summed E-state index contributed by atoms with van der Waals surface area (Å²) in [6, 6.07) is 24.4. The molecule has 4 aromatic carbocycles. The van der Waals surface area contributed by atoms with E-state index in [0.717, 1.165) is 35.4 Å². The number of esters is 2. The summed E-state index contributed by atoms with van der Waals surface area (Å²) < 4.78 is 64.8. The molecule has 1 aromatic heterocycles. The first-order valence-corrected chi connectivity index (χ1v) is 13.2. The van der Waals surface area contributed by atoms with Crippen molar-refractivity contribution in [2.75, 3.05) is 10.6 Å². The predicted molar refractivity (Wildman–Crippen MR) is 154 cm³/mol. The number of carbonyl (C=O) groups excluding carboxylic acids is 2. The summed E-state index contributed by atoms with van der Waals surface area (Å²) in [6.07, 6.45) is 0. The second kappa shape index (κ2) is 13.5. The third-order valence-electron chi connectivity index (χ3n) is 6.30. The molecule has 222 valence electrons. The quantitative estimate of drug-likeness (QED) is 0.0987. The molecular weight excluding hydrogens is 578 g/mol. The summed E-state index contributed by atoms with van der Waals surface area (Å²) in [5.74, 6) is -6.01. The number of anilines is 2. The number of para-hydroxylation sites is 2. The van der Waals surface area contributed by atoms with Crippen LogP contribution in [0.25, 0.3) is 0 Å². The Balaban J connectivity index is 1.12. The van der Waals surface area contributed by atoms with E-state index in [4.69, 9.17) is 9.47 Å². The normalized spacial score (nSPS) is 10.6. The van der Waals surface area contributed by atoms with E-state index in [1.54, 1.807) is 42.5 Å². The van der Waals surface area contributed by atoms with Crippen molar-refractivity contribution >= 4 is 23.6 Å². The molecule has 0 aliphatic carbocycles. The summed E-state index contributed by atoms with van der Waals surface area (Å²) in [5, 5.41) is 6.36. The predicted octanol–water partition coefficient (Wildman–Crippen LogP) is 7.30. The molecule has 0 amide bonds. The SMILES string of the molecule is O=C(Oc1c(F)cccc1F)c1ccc(CNc2cccc(NCc3ccc(C(=O)Oc4c(F)cccc4F)cc3)n2)cc1. The number of pyridine rings is 1. The smallest absolute Gasteiger partial charge is 0.343 e. The maximum atomic E-state index is 13.8. The maximum absolute atomic E-state index is 13.8. The highest BCUT2D eigenvalue weighted by Gasteiger charge is 2.17. The Morgan fingerprint density at radius 1 is 0.523 bits per heavy atom. The minimum Gasteiger partial charge on any atom is -0.417 e. The fourth-order valence-electron chi connectivity index (χ4n) is 4.00. The Morgan fingerprint density at radius 3 is 1.23 bits per heavy atom. The van der Waals surface area contributed by atoms with E-state index >= 15 is 0 Å². The van der Waals surface area contributed by atoms with E-state index in [1.165, 1.54) is 36.4 Å². The molecule has 7 nitrogen and oxygen atoms in total. The van der Waals surface area contributed by atoms with Crippen molar-refractivity contribution in [3.05, 3.63) is 149 Å². The van der Waals surface area contributed by atoms with Crippen molar-refractivity contribution in [3.8, 4) is 11.5 Å². The molecule has 0 radical (unpaired) electrons. The molecule has 0 fully saturated rings. The third-order valence-corrected chi connectivity index (χ3v) is 6.30.